The van der Waals surface area contributed by atoms with E-state index in [1.807, 2.05) is 42.5 Å². The predicted octanol–water partition coefficient (Wildman–Crippen LogP) is 5.56. The van der Waals surface area contributed by atoms with Crippen molar-refractivity contribution in [2.45, 2.75) is 30.4 Å². The average Bonchev–Trinajstić information content (AvgIpc) is 3.63. The van der Waals surface area contributed by atoms with E-state index in [2.05, 4.69) is 10.0 Å². The van der Waals surface area contributed by atoms with Crippen molar-refractivity contribution in [3.05, 3.63) is 144 Å². The molecule has 48 heavy (non-hydrogen) atoms. The molecule has 0 saturated carbocycles. The van der Waals surface area contributed by atoms with Gasteiger partial charge in [-0.3, -0.25) is 14.3 Å². The van der Waals surface area contributed by atoms with Gasteiger partial charge in [0.05, 0.1) is 24.8 Å². The number of nitrogens with zero attached hydrogens (tertiary/aromatic N) is 1. The molecule has 0 aliphatic heterocycles. The van der Waals surface area contributed by atoms with Crippen LogP contribution in [-0.4, -0.2) is 44.9 Å². The number of benzene rings is 4. The number of furan rings is 1. The summed E-state index contributed by atoms with van der Waals surface area (Å²) in [4.78, 5) is 29.1. The van der Waals surface area contributed by atoms with Gasteiger partial charge in [0.2, 0.25) is 5.91 Å². The fourth-order valence-corrected chi connectivity index (χ4v) is 5.92. The van der Waals surface area contributed by atoms with E-state index in [0.717, 1.165) is 23.3 Å². The number of hydrogen-bond donors (Lipinski definition) is 2. The Morgan fingerprint density at radius 3 is 2.17 bits per heavy atom. The number of hydrogen-bond acceptors (Lipinski definition) is 7. The van der Waals surface area contributed by atoms with E-state index in [1.165, 1.54) is 47.6 Å². The monoisotopic (exact) mass is 671 g/mol. The van der Waals surface area contributed by atoms with Gasteiger partial charge in [0.25, 0.3) is 15.9 Å². The summed E-state index contributed by atoms with van der Waals surface area (Å²) >= 11 is 0. The van der Waals surface area contributed by atoms with E-state index in [4.69, 9.17) is 13.9 Å². The van der Waals surface area contributed by atoms with Crippen molar-refractivity contribution in [3.63, 3.8) is 0 Å². The number of nitrogens with one attached hydrogen (secondary N) is 2. The molecule has 1 atom stereocenters. The molecule has 248 valence electrons. The Morgan fingerprint density at radius 1 is 0.833 bits per heavy atom. The molecule has 4 aromatic carbocycles. The number of halogens is 1. The van der Waals surface area contributed by atoms with Gasteiger partial charge < -0.3 is 24.1 Å². The Labute approximate surface area is 278 Å². The Kier molecular flexibility index (Phi) is 11.1. The van der Waals surface area contributed by atoms with Gasteiger partial charge in [0, 0.05) is 18.7 Å². The maximum absolute atomic E-state index is 13.9. The van der Waals surface area contributed by atoms with Crippen molar-refractivity contribution in [2.75, 3.05) is 18.4 Å². The lowest BCUT2D eigenvalue weighted by atomic mass is 10.0. The molecule has 1 aromatic heterocycles. The first-order valence-electron chi connectivity index (χ1n) is 15.0. The summed E-state index contributed by atoms with van der Waals surface area (Å²) in [5.41, 5.74) is 1.83. The summed E-state index contributed by atoms with van der Waals surface area (Å²) in [5, 5.41) is 2.89. The second-order valence-electron chi connectivity index (χ2n) is 10.7. The third-order valence-electron chi connectivity index (χ3n) is 7.39. The van der Waals surface area contributed by atoms with Gasteiger partial charge in [-0.15, -0.1) is 0 Å². The number of ether oxygens (including phenoxy) is 2. The number of carbonyl (C=O) groups is 2. The van der Waals surface area contributed by atoms with Crippen LogP contribution < -0.4 is 19.5 Å². The average molecular weight is 672 g/mol. The van der Waals surface area contributed by atoms with Gasteiger partial charge in [0.15, 0.2) is 6.61 Å². The van der Waals surface area contributed by atoms with Gasteiger partial charge >= 0.3 is 0 Å². The molecular weight excluding hydrogens is 637 g/mol. The molecule has 0 bridgehead atoms. The number of rotatable bonds is 15. The molecule has 2 amide bonds. The van der Waals surface area contributed by atoms with Crippen molar-refractivity contribution in [2.24, 2.45) is 0 Å². The number of methoxy groups -OCH3 is 1. The molecule has 0 fully saturated rings. The first-order valence-corrected chi connectivity index (χ1v) is 16.5. The Morgan fingerprint density at radius 2 is 1.52 bits per heavy atom. The third-order valence-corrected chi connectivity index (χ3v) is 8.79. The van der Waals surface area contributed by atoms with Crippen molar-refractivity contribution in [1.82, 2.24) is 10.2 Å². The minimum absolute atomic E-state index is 0.0530. The smallest absolute Gasteiger partial charge is 0.261 e. The molecule has 0 radical (unpaired) electrons. The Hall–Kier alpha value is -5.62. The Balaban J connectivity index is 1.34. The van der Waals surface area contributed by atoms with Crippen LogP contribution in [0.15, 0.2) is 131 Å². The highest BCUT2D eigenvalue weighted by atomic mass is 32.2. The summed E-state index contributed by atoms with van der Waals surface area (Å²) in [7, 11) is -2.40. The second kappa shape index (κ2) is 15.8. The molecule has 1 unspecified atom stereocenters. The summed E-state index contributed by atoms with van der Waals surface area (Å²) < 4.78 is 57.7. The normalized spacial score (nSPS) is 11.7. The van der Waals surface area contributed by atoms with E-state index >= 15 is 0 Å². The summed E-state index contributed by atoms with van der Waals surface area (Å²) in [5.74, 6) is 0.134. The van der Waals surface area contributed by atoms with Crippen LogP contribution in [0.1, 0.15) is 16.9 Å². The van der Waals surface area contributed by atoms with E-state index in [-0.39, 0.29) is 41.7 Å². The number of sulfonamides is 1. The molecule has 5 rings (SSSR count). The predicted molar refractivity (Wildman–Crippen MR) is 177 cm³/mol. The zero-order valence-corrected chi connectivity index (χ0v) is 26.9. The third kappa shape index (κ3) is 9.23. The lowest BCUT2D eigenvalue weighted by Crippen LogP contribution is -2.51. The van der Waals surface area contributed by atoms with Crippen molar-refractivity contribution in [3.8, 4) is 11.5 Å². The number of anilines is 1. The zero-order chi connectivity index (χ0) is 33.9. The summed E-state index contributed by atoms with van der Waals surface area (Å²) in [6, 6.07) is 29.6. The van der Waals surface area contributed by atoms with Crippen LogP contribution in [0, 0.1) is 5.82 Å². The molecule has 0 aliphatic carbocycles. The molecule has 0 spiro atoms. The number of carbonyl (C=O) groups excluding carboxylic acids is 2. The minimum atomic E-state index is -3.96. The van der Waals surface area contributed by atoms with Gasteiger partial charge in [-0.1, -0.05) is 42.5 Å². The van der Waals surface area contributed by atoms with Crippen LogP contribution in [0.25, 0.3) is 0 Å². The molecule has 0 saturated heterocycles. The van der Waals surface area contributed by atoms with E-state index in [0.29, 0.717) is 11.5 Å². The largest absolute Gasteiger partial charge is 0.497 e. The molecule has 5 aromatic rings. The SMILES string of the molecule is COc1ccc(CN(C(=O)COc2ccc(S(=O)(=O)Nc3ccc(F)cc3)cc2)C(Cc2ccccc2)C(=O)NCc2ccco2)cc1. The molecule has 12 heteroatoms. The van der Waals surface area contributed by atoms with Gasteiger partial charge in [0.1, 0.15) is 29.1 Å². The lowest BCUT2D eigenvalue weighted by Gasteiger charge is -2.31. The zero-order valence-electron chi connectivity index (χ0n) is 26.0. The molecule has 1 heterocycles. The standard InChI is InChI=1S/C36H34FN3O7S/c1-45-30-15-9-27(10-16-30)24-40(34(22-26-6-3-2-4-7-26)36(42)38-23-32-8-5-21-46-32)35(41)25-47-31-17-19-33(20-18-31)48(43,44)39-29-13-11-28(37)12-14-29/h2-21,34,39H,22-25H2,1H3,(H,38,42). The summed E-state index contributed by atoms with van der Waals surface area (Å²) in [6.07, 6.45) is 1.75. The maximum Gasteiger partial charge on any atom is 0.261 e. The first kappa shape index (κ1) is 33.7. The van der Waals surface area contributed by atoms with Crippen molar-refractivity contribution >= 4 is 27.5 Å². The second-order valence-corrected chi connectivity index (χ2v) is 12.4. The first-order chi connectivity index (χ1) is 23.2. The molecule has 2 N–H and O–H groups in total. The van der Waals surface area contributed by atoms with Crippen molar-refractivity contribution < 1.29 is 36.3 Å². The fraction of sp³-hybridized carbons (Fsp3) is 0.167. The molecule has 0 aliphatic rings. The van der Waals surface area contributed by atoms with Crippen LogP contribution in [0.2, 0.25) is 0 Å². The van der Waals surface area contributed by atoms with E-state index in [9.17, 15) is 22.4 Å². The van der Waals surface area contributed by atoms with Gasteiger partial charge in [-0.2, -0.15) is 0 Å². The van der Waals surface area contributed by atoms with Crippen LogP contribution in [0.4, 0.5) is 10.1 Å². The quantitative estimate of drug-likeness (QED) is 0.149. The minimum Gasteiger partial charge on any atom is -0.497 e. The summed E-state index contributed by atoms with van der Waals surface area (Å²) in [6.45, 7) is -0.180. The van der Waals surface area contributed by atoms with Gasteiger partial charge in [-0.05, 0) is 83.9 Å². The van der Waals surface area contributed by atoms with Crippen LogP contribution in [-0.2, 0) is 39.1 Å². The van der Waals surface area contributed by atoms with Gasteiger partial charge in [-0.25, -0.2) is 12.8 Å². The van der Waals surface area contributed by atoms with E-state index in [1.54, 1.807) is 31.4 Å². The fourth-order valence-electron chi connectivity index (χ4n) is 4.86. The topological polar surface area (TPSA) is 127 Å². The van der Waals surface area contributed by atoms with Crippen LogP contribution >= 0.6 is 0 Å². The number of amides is 2. The highest BCUT2D eigenvalue weighted by molar-refractivity contribution is 7.92. The molecular formula is C36H34FN3O7S. The Bertz CT molecular complexity index is 1880. The lowest BCUT2D eigenvalue weighted by molar-refractivity contribution is -0.142. The highest BCUT2D eigenvalue weighted by Crippen LogP contribution is 2.21. The van der Waals surface area contributed by atoms with Crippen LogP contribution in [0.5, 0.6) is 11.5 Å². The van der Waals surface area contributed by atoms with E-state index < -0.39 is 34.4 Å². The highest BCUT2D eigenvalue weighted by Gasteiger charge is 2.31. The van der Waals surface area contributed by atoms with Crippen LogP contribution in [0.3, 0.4) is 0 Å². The van der Waals surface area contributed by atoms with Crippen molar-refractivity contribution in [1.29, 1.82) is 0 Å². The molecule has 10 nitrogen and oxygen atoms in total. The maximum atomic E-state index is 13.9.